The number of aryl methyl sites for hydroxylation is 1. The van der Waals surface area contributed by atoms with Crippen molar-refractivity contribution >= 4 is 29.4 Å². The standard InChI is InChI=1S/C15H16ClN3O4/c1-9-7-13(19-23-9)18-15(21)17-12(8-14(20)22-2)10-5-3-4-6-11(10)16/h3-7,12H,8H2,1-2H3,(H2,17,18,19,21)/t12-/m0/s1. The third-order valence-electron chi connectivity index (χ3n) is 3.05. The second-order valence-electron chi connectivity index (χ2n) is 4.78. The van der Waals surface area contributed by atoms with E-state index < -0.39 is 18.0 Å². The minimum absolute atomic E-state index is 0.0501. The number of nitrogens with one attached hydrogen (secondary N) is 2. The van der Waals surface area contributed by atoms with E-state index in [-0.39, 0.29) is 12.2 Å². The second-order valence-corrected chi connectivity index (χ2v) is 5.18. The van der Waals surface area contributed by atoms with Crippen molar-refractivity contribution in [2.24, 2.45) is 0 Å². The van der Waals surface area contributed by atoms with Crippen LogP contribution in [-0.2, 0) is 9.53 Å². The van der Waals surface area contributed by atoms with Gasteiger partial charge < -0.3 is 14.6 Å². The Morgan fingerprint density at radius 3 is 2.74 bits per heavy atom. The third kappa shape index (κ3) is 4.72. The first kappa shape index (κ1) is 16.8. The van der Waals surface area contributed by atoms with E-state index in [1.807, 2.05) is 0 Å². The fourth-order valence-electron chi connectivity index (χ4n) is 1.98. The van der Waals surface area contributed by atoms with Crippen molar-refractivity contribution in [1.29, 1.82) is 0 Å². The lowest BCUT2D eigenvalue weighted by Crippen LogP contribution is -2.34. The zero-order valence-corrected chi connectivity index (χ0v) is 13.4. The average molecular weight is 338 g/mol. The average Bonchev–Trinajstić information content (AvgIpc) is 2.91. The first-order valence-corrected chi connectivity index (χ1v) is 7.19. The van der Waals surface area contributed by atoms with Gasteiger partial charge in [-0.1, -0.05) is 35.0 Å². The summed E-state index contributed by atoms with van der Waals surface area (Å²) in [5, 5.41) is 9.31. The molecule has 0 bridgehead atoms. The molecule has 0 saturated carbocycles. The highest BCUT2D eigenvalue weighted by atomic mass is 35.5. The van der Waals surface area contributed by atoms with Gasteiger partial charge >= 0.3 is 12.0 Å². The minimum Gasteiger partial charge on any atom is -0.469 e. The molecule has 1 atom stereocenters. The van der Waals surface area contributed by atoms with E-state index in [2.05, 4.69) is 20.5 Å². The Bertz CT molecular complexity index is 702. The fourth-order valence-corrected chi connectivity index (χ4v) is 2.25. The van der Waals surface area contributed by atoms with Gasteiger partial charge in [-0.2, -0.15) is 0 Å². The maximum atomic E-state index is 12.1. The van der Waals surface area contributed by atoms with Crippen molar-refractivity contribution in [3.8, 4) is 0 Å². The number of carbonyl (C=O) groups is 2. The minimum atomic E-state index is -0.635. The van der Waals surface area contributed by atoms with E-state index in [0.717, 1.165) is 0 Å². The predicted octanol–water partition coefficient (Wildman–Crippen LogP) is 3.06. The topological polar surface area (TPSA) is 93.5 Å². The van der Waals surface area contributed by atoms with Gasteiger partial charge in [-0.25, -0.2) is 4.79 Å². The van der Waals surface area contributed by atoms with Crippen LogP contribution in [0.2, 0.25) is 5.02 Å². The molecule has 0 fully saturated rings. The third-order valence-corrected chi connectivity index (χ3v) is 3.40. The lowest BCUT2D eigenvalue weighted by molar-refractivity contribution is -0.141. The number of amides is 2. The number of urea groups is 1. The number of benzene rings is 1. The molecule has 2 N–H and O–H groups in total. The van der Waals surface area contributed by atoms with Crippen LogP contribution in [0.25, 0.3) is 0 Å². The molecule has 23 heavy (non-hydrogen) atoms. The molecule has 0 aliphatic heterocycles. The number of hydrogen-bond acceptors (Lipinski definition) is 5. The Morgan fingerprint density at radius 1 is 1.39 bits per heavy atom. The Balaban J connectivity index is 2.12. The molecular formula is C15H16ClN3O4. The van der Waals surface area contributed by atoms with Crippen LogP contribution in [0.3, 0.4) is 0 Å². The van der Waals surface area contributed by atoms with Gasteiger partial charge in [0.05, 0.1) is 19.6 Å². The highest BCUT2D eigenvalue weighted by Crippen LogP contribution is 2.25. The lowest BCUT2D eigenvalue weighted by atomic mass is 10.0. The van der Waals surface area contributed by atoms with Gasteiger partial charge in [0.25, 0.3) is 0 Å². The zero-order valence-electron chi connectivity index (χ0n) is 12.6. The van der Waals surface area contributed by atoms with Crippen LogP contribution in [0, 0.1) is 6.92 Å². The molecule has 1 aromatic carbocycles. The Kier molecular flexibility index (Phi) is 5.59. The molecule has 2 amide bonds. The van der Waals surface area contributed by atoms with Gasteiger partial charge in [-0.05, 0) is 18.6 Å². The molecule has 0 saturated heterocycles. The highest BCUT2D eigenvalue weighted by molar-refractivity contribution is 6.31. The molecule has 2 rings (SSSR count). The van der Waals surface area contributed by atoms with E-state index >= 15 is 0 Å². The first-order chi connectivity index (χ1) is 11.0. The van der Waals surface area contributed by atoms with Crippen molar-refractivity contribution in [1.82, 2.24) is 10.5 Å². The number of hydrogen-bond donors (Lipinski definition) is 2. The Morgan fingerprint density at radius 2 is 2.13 bits per heavy atom. The van der Waals surface area contributed by atoms with Gasteiger partial charge in [0.2, 0.25) is 0 Å². The quantitative estimate of drug-likeness (QED) is 0.818. The van der Waals surface area contributed by atoms with Crippen molar-refractivity contribution in [3.63, 3.8) is 0 Å². The largest absolute Gasteiger partial charge is 0.469 e. The van der Waals surface area contributed by atoms with Crippen LogP contribution in [0.1, 0.15) is 23.8 Å². The number of anilines is 1. The monoisotopic (exact) mass is 337 g/mol. The van der Waals surface area contributed by atoms with Crippen molar-refractivity contribution in [2.45, 2.75) is 19.4 Å². The highest BCUT2D eigenvalue weighted by Gasteiger charge is 2.21. The van der Waals surface area contributed by atoms with E-state index in [1.54, 1.807) is 37.3 Å². The van der Waals surface area contributed by atoms with Gasteiger partial charge in [0, 0.05) is 11.1 Å². The summed E-state index contributed by atoms with van der Waals surface area (Å²) >= 11 is 6.14. The van der Waals surface area contributed by atoms with E-state index in [0.29, 0.717) is 16.3 Å². The maximum Gasteiger partial charge on any atom is 0.320 e. The molecule has 1 heterocycles. The smallest absolute Gasteiger partial charge is 0.320 e. The summed E-state index contributed by atoms with van der Waals surface area (Å²) in [6, 6.07) is 7.35. The molecule has 0 spiro atoms. The summed E-state index contributed by atoms with van der Waals surface area (Å²) in [6.45, 7) is 1.71. The summed E-state index contributed by atoms with van der Waals surface area (Å²) in [7, 11) is 1.28. The van der Waals surface area contributed by atoms with Crippen molar-refractivity contribution in [2.75, 3.05) is 12.4 Å². The summed E-state index contributed by atoms with van der Waals surface area (Å²) in [6.07, 6.45) is -0.0501. The molecule has 122 valence electrons. The summed E-state index contributed by atoms with van der Waals surface area (Å²) in [5.74, 6) is 0.376. The summed E-state index contributed by atoms with van der Waals surface area (Å²) in [4.78, 5) is 23.7. The number of carbonyl (C=O) groups excluding carboxylic acids is 2. The SMILES string of the molecule is COC(=O)C[C@H](NC(=O)Nc1cc(C)on1)c1ccccc1Cl. The normalized spacial score (nSPS) is 11.6. The molecule has 0 aliphatic carbocycles. The molecule has 0 unspecified atom stereocenters. The van der Waals surface area contributed by atoms with E-state index in [4.69, 9.17) is 16.1 Å². The first-order valence-electron chi connectivity index (χ1n) is 6.81. The second kappa shape index (κ2) is 7.64. The number of esters is 1. The Hall–Kier alpha value is -2.54. The van der Waals surface area contributed by atoms with Crippen LogP contribution in [0.15, 0.2) is 34.9 Å². The van der Waals surface area contributed by atoms with E-state index in [1.165, 1.54) is 7.11 Å². The van der Waals surface area contributed by atoms with Gasteiger partial charge in [-0.3, -0.25) is 10.1 Å². The van der Waals surface area contributed by atoms with Gasteiger partial charge in [0.1, 0.15) is 5.76 Å². The van der Waals surface area contributed by atoms with Crippen LogP contribution in [0.4, 0.5) is 10.6 Å². The van der Waals surface area contributed by atoms with Crippen molar-refractivity contribution in [3.05, 3.63) is 46.7 Å². The summed E-state index contributed by atoms with van der Waals surface area (Å²) < 4.78 is 9.53. The van der Waals surface area contributed by atoms with Crippen molar-refractivity contribution < 1.29 is 18.8 Å². The summed E-state index contributed by atoms with van der Waals surface area (Å²) in [5.41, 5.74) is 0.617. The van der Waals surface area contributed by atoms with Crippen LogP contribution < -0.4 is 10.6 Å². The van der Waals surface area contributed by atoms with Crippen LogP contribution >= 0.6 is 11.6 Å². The number of halogens is 1. The van der Waals surface area contributed by atoms with E-state index in [9.17, 15) is 9.59 Å². The predicted molar refractivity (Wildman–Crippen MR) is 84.2 cm³/mol. The van der Waals surface area contributed by atoms with Crippen LogP contribution in [0.5, 0.6) is 0 Å². The number of aromatic nitrogens is 1. The number of ether oxygens (including phenoxy) is 1. The van der Waals surface area contributed by atoms with Crippen LogP contribution in [-0.4, -0.2) is 24.3 Å². The fraction of sp³-hybridized carbons (Fsp3) is 0.267. The van der Waals surface area contributed by atoms with Gasteiger partial charge in [-0.15, -0.1) is 0 Å². The molecule has 8 heteroatoms. The molecule has 0 radical (unpaired) electrons. The number of methoxy groups -OCH3 is 1. The molecule has 1 aromatic heterocycles. The molecular weight excluding hydrogens is 322 g/mol. The molecule has 0 aliphatic rings. The molecule has 7 nitrogen and oxygen atoms in total. The lowest BCUT2D eigenvalue weighted by Gasteiger charge is -2.19. The maximum absolute atomic E-state index is 12.1. The molecule has 2 aromatic rings. The van der Waals surface area contributed by atoms with Gasteiger partial charge in [0.15, 0.2) is 5.82 Å². The Labute approximate surface area is 137 Å². The number of nitrogens with zero attached hydrogens (tertiary/aromatic N) is 1. The number of rotatable bonds is 5. The zero-order chi connectivity index (χ0) is 16.8.